The number of carbonyl (C=O) groups is 3. The maximum Gasteiger partial charge on any atom is 0.411 e. The number of alkyl carbamates (subject to hydrolysis) is 2. The fourth-order valence-electron chi connectivity index (χ4n) is 3.60. The van der Waals surface area contributed by atoms with Gasteiger partial charge in [0.25, 0.3) is 5.91 Å². The van der Waals surface area contributed by atoms with Gasteiger partial charge in [0.2, 0.25) is 0 Å². The first-order valence-electron chi connectivity index (χ1n) is 12.8. The Labute approximate surface area is 238 Å². The predicted octanol–water partition coefficient (Wildman–Crippen LogP) is 6.95. The molecule has 0 aliphatic rings. The van der Waals surface area contributed by atoms with E-state index in [1.54, 1.807) is 39.0 Å². The highest BCUT2D eigenvalue weighted by Crippen LogP contribution is 2.27. The first-order valence-corrected chi connectivity index (χ1v) is 13.6. The molecule has 0 saturated heterocycles. The Bertz CT molecular complexity index is 1420. The molecular weight excluding hydrogens is 526 g/mol. The van der Waals surface area contributed by atoms with Crippen molar-refractivity contribution in [2.24, 2.45) is 0 Å². The number of ether oxygens (including phenoxy) is 2. The first kappa shape index (κ1) is 30.2. The van der Waals surface area contributed by atoms with Gasteiger partial charge in [-0.15, -0.1) is 11.3 Å². The van der Waals surface area contributed by atoms with Crippen LogP contribution in [-0.2, 0) is 22.6 Å². The minimum Gasteiger partial charge on any atom is -0.445 e. The molecule has 3 N–H and O–H groups in total. The van der Waals surface area contributed by atoms with Crippen molar-refractivity contribution in [2.75, 3.05) is 0 Å². The summed E-state index contributed by atoms with van der Waals surface area (Å²) in [5.41, 5.74) is 2.32. The minimum absolute atomic E-state index is 0.200. The zero-order chi connectivity index (χ0) is 29.1. The summed E-state index contributed by atoms with van der Waals surface area (Å²) in [7, 11) is 0. The molecule has 0 bridgehead atoms. The third-order valence-corrected chi connectivity index (χ3v) is 6.54. The molecule has 0 aliphatic carbocycles. The van der Waals surface area contributed by atoms with Gasteiger partial charge >= 0.3 is 12.2 Å². The summed E-state index contributed by atoms with van der Waals surface area (Å²) in [5.74, 6) is -0.256. The SMILES string of the molecule is C=C/C=C(\C/C(=C\C)NC(=O)c1cc2ccc(CNC(=O)OCc3ccccc3)cc2s1)NC(=O)OC(C)(C)C. The third kappa shape index (κ3) is 9.74. The second kappa shape index (κ2) is 14.1. The van der Waals surface area contributed by atoms with E-state index in [0.29, 0.717) is 22.8 Å². The summed E-state index contributed by atoms with van der Waals surface area (Å²) >= 11 is 1.36. The maximum absolute atomic E-state index is 13.1. The highest BCUT2D eigenvalue weighted by Gasteiger charge is 2.18. The number of benzene rings is 2. The van der Waals surface area contributed by atoms with Gasteiger partial charge in [0.05, 0.1) is 4.88 Å². The van der Waals surface area contributed by atoms with E-state index in [9.17, 15) is 14.4 Å². The molecule has 0 saturated carbocycles. The summed E-state index contributed by atoms with van der Waals surface area (Å²) < 4.78 is 11.5. The van der Waals surface area contributed by atoms with Crippen molar-refractivity contribution in [3.8, 4) is 0 Å². The number of hydrogen-bond donors (Lipinski definition) is 3. The molecule has 9 heteroatoms. The van der Waals surface area contributed by atoms with E-state index < -0.39 is 17.8 Å². The second-order valence-electron chi connectivity index (χ2n) is 9.90. The molecule has 2 aromatic carbocycles. The molecule has 0 atom stereocenters. The van der Waals surface area contributed by atoms with E-state index in [-0.39, 0.29) is 18.9 Å². The molecule has 3 aromatic rings. The Kier molecular flexibility index (Phi) is 10.7. The lowest BCUT2D eigenvalue weighted by atomic mass is 10.1. The largest absolute Gasteiger partial charge is 0.445 e. The summed E-state index contributed by atoms with van der Waals surface area (Å²) in [6.45, 7) is 11.4. The van der Waals surface area contributed by atoms with Gasteiger partial charge in [-0.2, -0.15) is 0 Å². The molecule has 40 heavy (non-hydrogen) atoms. The molecule has 1 heterocycles. The van der Waals surface area contributed by atoms with E-state index in [0.717, 1.165) is 21.2 Å². The highest BCUT2D eigenvalue weighted by molar-refractivity contribution is 7.20. The van der Waals surface area contributed by atoms with Gasteiger partial charge in [-0.1, -0.05) is 61.2 Å². The smallest absolute Gasteiger partial charge is 0.411 e. The van der Waals surface area contributed by atoms with Gasteiger partial charge < -0.3 is 20.1 Å². The van der Waals surface area contributed by atoms with Crippen LogP contribution < -0.4 is 16.0 Å². The standard InChI is InChI=1S/C31H35N3O5S/c1-6-11-25(34-30(37)39-31(3,4)5)18-24(7-2)33-28(35)27-17-23-15-14-22(16-26(23)40-27)19-32-29(36)38-20-21-12-9-8-10-13-21/h6-17H,1,18-20H2,2-5H3,(H,32,36)(H,33,35)(H,34,37)/b24-7+,25-11+. The molecule has 3 amide bonds. The molecule has 0 spiro atoms. The molecule has 0 unspecified atom stereocenters. The average Bonchev–Trinajstić information content (AvgIpc) is 3.33. The van der Waals surface area contributed by atoms with Crippen molar-refractivity contribution < 1.29 is 23.9 Å². The molecule has 3 rings (SSSR count). The van der Waals surface area contributed by atoms with E-state index in [1.165, 1.54) is 11.3 Å². The molecule has 210 valence electrons. The topological polar surface area (TPSA) is 106 Å². The zero-order valence-corrected chi connectivity index (χ0v) is 24.0. The van der Waals surface area contributed by atoms with E-state index >= 15 is 0 Å². The zero-order valence-electron chi connectivity index (χ0n) is 23.2. The Morgan fingerprint density at radius 3 is 2.38 bits per heavy atom. The quantitative estimate of drug-likeness (QED) is 0.232. The molecule has 0 fully saturated rings. The number of nitrogens with one attached hydrogen (secondary N) is 3. The monoisotopic (exact) mass is 561 g/mol. The average molecular weight is 562 g/mol. The van der Waals surface area contributed by atoms with Gasteiger partial charge in [-0.25, -0.2) is 9.59 Å². The van der Waals surface area contributed by atoms with Crippen molar-refractivity contribution in [2.45, 2.75) is 52.9 Å². The van der Waals surface area contributed by atoms with Crippen LogP contribution in [0.4, 0.5) is 9.59 Å². The summed E-state index contributed by atoms with van der Waals surface area (Å²) in [4.78, 5) is 37.9. The molecule has 1 aromatic heterocycles. The molecule has 0 radical (unpaired) electrons. The molecular formula is C31H35N3O5S. The van der Waals surface area contributed by atoms with Crippen molar-refractivity contribution in [1.82, 2.24) is 16.0 Å². The summed E-state index contributed by atoms with van der Waals surface area (Å²) in [6, 6.07) is 17.1. The second-order valence-corrected chi connectivity index (χ2v) is 11.0. The van der Waals surface area contributed by atoms with Crippen LogP contribution in [0.2, 0.25) is 0 Å². The van der Waals surface area contributed by atoms with Gasteiger partial charge in [-0.05, 0) is 62.4 Å². The van der Waals surface area contributed by atoms with Crippen LogP contribution in [0.15, 0.2) is 90.8 Å². The third-order valence-electron chi connectivity index (χ3n) is 5.44. The lowest BCUT2D eigenvalue weighted by Crippen LogP contribution is -2.33. The lowest BCUT2D eigenvalue weighted by Gasteiger charge is -2.21. The first-order chi connectivity index (χ1) is 19.1. The van der Waals surface area contributed by atoms with Crippen molar-refractivity contribution in [1.29, 1.82) is 0 Å². The van der Waals surface area contributed by atoms with Crippen LogP contribution in [0.3, 0.4) is 0 Å². The fraction of sp³-hybridized carbons (Fsp3) is 0.258. The molecule has 8 nitrogen and oxygen atoms in total. The van der Waals surface area contributed by atoms with E-state index in [2.05, 4.69) is 22.5 Å². The van der Waals surface area contributed by atoms with Crippen molar-refractivity contribution >= 4 is 39.5 Å². The Morgan fingerprint density at radius 1 is 0.950 bits per heavy atom. The van der Waals surface area contributed by atoms with Crippen LogP contribution in [0.5, 0.6) is 0 Å². The Balaban J connectivity index is 1.58. The number of hydrogen-bond acceptors (Lipinski definition) is 6. The van der Waals surface area contributed by atoms with Crippen LogP contribution in [0.1, 0.15) is 54.9 Å². The fourth-order valence-corrected chi connectivity index (χ4v) is 4.62. The Morgan fingerprint density at radius 2 is 1.70 bits per heavy atom. The lowest BCUT2D eigenvalue weighted by molar-refractivity contribution is 0.0544. The number of carbonyl (C=O) groups excluding carboxylic acids is 3. The Hall–Kier alpha value is -4.37. The molecule has 0 aliphatic heterocycles. The number of amides is 3. The van der Waals surface area contributed by atoms with Crippen molar-refractivity contribution in [3.63, 3.8) is 0 Å². The number of allylic oxidation sites excluding steroid dienone is 3. The van der Waals surface area contributed by atoms with Gasteiger partial charge in [0.1, 0.15) is 12.2 Å². The maximum atomic E-state index is 13.1. The van der Waals surface area contributed by atoms with Crippen LogP contribution >= 0.6 is 11.3 Å². The van der Waals surface area contributed by atoms with Crippen LogP contribution in [0.25, 0.3) is 10.1 Å². The van der Waals surface area contributed by atoms with E-state index in [4.69, 9.17) is 9.47 Å². The summed E-state index contributed by atoms with van der Waals surface area (Å²) in [5, 5.41) is 9.32. The van der Waals surface area contributed by atoms with Crippen LogP contribution in [-0.4, -0.2) is 23.7 Å². The normalized spacial score (nSPS) is 12.0. The van der Waals surface area contributed by atoms with Gasteiger partial charge in [-0.3, -0.25) is 10.1 Å². The van der Waals surface area contributed by atoms with Crippen molar-refractivity contribution in [3.05, 3.63) is 107 Å². The van der Waals surface area contributed by atoms with Gasteiger partial charge in [0, 0.05) is 29.1 Å². The predicted molar refractivity (Wildman–Crippen MR) is 159 cm³/mol. The highest BCUT2D eigenvalue weighted by atomic mass is 32.1. The number of rotatable bonds is 10. The summed E-state index contributed by atoms with van der Waals surface area (Å²) in [6.07, 6.45) is 4.19. The number of thiophene rings is 1. The van der Waals surface area contributed by atoms with Gasteiger partial charge in [0.15, 0.2) is 0 Å². The van der Waals surface area contributed by atoms with E-state index in [1.807, 2.05) is 61.5 Å². The van der Waals surface area contributed by atoms with Crippen LogP contribution in [0, 0.1) is 0 Å². The minimum atomic E-state index is -0.635. The number of fused-ring (bicyclic) bond motifs is 1.